The minimum atomic E-state index is -0.331. The second-order valence-corrected chi connectivity index (χ2v) is 7.26. The summed E-state index contributed by atoms with van der Waals surface area (Å²) in [6, 6.07) is 5.24. The van der Waals surface area contributed by atoms with Crippen molar-refractivity contribution in [1.29, 1.82) is 0 Å². The molecule has 0 saturated carbocycles. The third-order valence-corrected chi connectivity index (χ3v) is 3.29. The zero-order chi connectivity index (χ0) is 15.8. The van der Waals surface area contributed by atoms with Gasteiger partial charge in [0, 0.05) is 23.2 Å². The van der Waals surface area contributed by atoms with Crippen LogP contribution in [0.5, 0.6) is 5.75 Å². The van der Waals surface area contributed by atoms with E-state index in [2.05, 4.69) is 10.6 Å². The monoisotopic (exact) mass is 291 g/mol. The standard InChI is InChI=1S/C16H25N3O2/c1-15(2,3)19-14(20)18-12-9-16(4,5)21-13-7-6-10(17)8-11(12)13/h6-8,12H,9,17H2,1-5H3,(H2,18,19,20). The number of nitrogens with two attached hydrogens (primary N) is 1. The minimum absolute atomic E-state index is 0.116. The highest BCUT2D eigenvalue weighted by molar-refractivity contribution is 5.75. The molecule has 0 spiro atoms. The summed E-state index contributed by atoms with van der Waals surface area (Å²) in [4.78, 5) is 12.1. The molecule has 1 aromatic carbocycles. The highest BCUT2D eigenvalue weighted by atomic mass is 16.5. The van der Waals surface area contributed by atoms with Crippen LogP contribution in [0, 0.1) is 0 Å². The van der Waals surface area contributed by atoms with Gasteiger partial charge >= 0.3 is 6.03 Å². The number of ether oxygens (including phenoxy) is 1. The molecule has 2 amide bonds. The lowest BCUT2D eigenvalue weighted by Gasteiger charge is -2.38. The molecule has 5 nitrogen and oxygen atoms in total. The molecular weight excluding hydrogens is 266 g/mol. The van der Waals surface area contributed by atoms with Gasteiger partial charge < -0.3 is 21.1 Å². The Kier molecular flexibility index (Phi) is 3.78. The van der Waals surface area contributed by atoms with E-state index in [0.29, 0.717) is 12.1 Å². The lowest BCUT2D eigenvalue weighted by Crippen LogP contribution is -2.49. The summed E-state index contributed by atoms with van der Waals surface area (Å²) in [5, 5.41) is 5.95. The average molecular weight is 291 g/mol. The molecule has 0 bridgehead atoms. The van der Waals surface area contributed by atoms with E-state index in [1.54, 1.807) is 0 Å². The van der Waals surface area contributed by atoms with Crippen molar-refractivity contribution < 1.29 is 9.53 Å². The quantitative estimate of drug-likeness (QED) is 0.696. The van der Waals surface area contributed by atoms with E-state index in [4.69, 9.17) is 10.5 Å². The van der Waals surface area contributed by atoms with Gasteiger partial charge in [0.2, 0.25) is 0 Å². The molecule has 1 heterocycles. The van der Waals surface area contributed by atoms with E-state index in [9.17, 15) is 4.79 Å². The number of carbonyl (C=O) groups is 1. The number of rotatable bonds is 1. The van der Waals surface area contributed by atoms with Crippen LogP contribution < -0.4 is 21.1 Å². The Balaban J connectivity index is 2.23. The predicted molar refractivity (Wildman–Crippen MR) is 84.3 cm³/mol. The Labute approximate surface area is 126 Å². The Hall–Kier alpha value is -1.91. The Morgan fingerprint density at radius 3 is 2.67 bits per heavy atom. The van der Waals surface area contributed by atoms with Gasteiger partial charge in [-0.1, -0.05) is 0 Å². The van der Waals surface area contributed by atoms with E-state index in [-0.39, 0.29) is 23.2 Å². The second kappa shape index (κ2) is 5.13. The van der Waals surface area contributed by atoms with Gasteiger partial charge in [0.15, 0.2) is 0 Å². The number of hydrogen-bond donors (Lipinski definition) is 3. The third-order valence-electron chi connectivity index (χ3n) is 3.29. The number of anilines is 1. The summed E-state index contributed by atoms with van der Waals surface area (Å²) in [7, 11) is 0. The van der Waals surface area contributed by atoms with Gasteiger partial charge in [-0.05, 0) is 52.8 Å². The maximum absolute atomic E-state index is 12.1. The van der Waals surface area contributed by atoms with Crippen molar-refractivity contribution in [1.82, 2.24) is 10.6 Å². The molecule has 1 atom stereocenters. The summed E-state index contributed by atoms with van der Waals surface area (Å²) in [5.41, 5.74) is 6.85. The van der Waals surface area contributed by atoms with Gasteiger partial charge in [0.25, 0.3) is 0 Å². The molecule has 2 rings (SSSR count). The van der Waals surface area contributed by atoms with Crippen LogP contribution in [0.15, 0.2) is 18.2 Å². The topological polar surface area (TPSA) is 76.4 Å². The summed E-state index contributed by atoms with van der Waals surface area (Å²) in [5.74, 6) is 0.779. The van der Waals surface area contributed by atoms with Crippen molar-refractivity contribution in [2.75, 3.05) is 5.73 Å². The smallest absolute Gasteiger partial charge is 0.315 e. The lowest BCUT2D eigenvalue weighted by molar-refractivity contribution is 0.0677. The summed E-state index contributed by atoms with van der Waals surface area (Å²) >= 11 is 0. The van der Waals surface area contributed by atoms with E-state index >= 15 is 0 Å². The number of hydrogen-bond acceptors (Lipinski definition) is 3. The molecule has 116 valence electrons. The number of nitrogen functional groups attached to an aromatic ring is 1. The van der Waals surface area contributed by atoms with E-state index in [0.717, 1.165) is 11.3 Å². The number of amides is 2. The highest BCUT2D eigenvalue weighted by Crippen LogP contribution is 2.40. The normalized spacial score (nSPS) is 20.1. The van der Waals surface area contributed by atoms with Crippen LogP contribution in [0.2, 0.25) is 0 Å². The van der Waals surface area contributed by atoms with Gasteiger partial charge in [-0.15, -0.1) is 0 Å². The molecule has 0 fully saturated rings. The first-order valence-electron chi connectivity index (χ1n) is 7.23. The van der Waals surface area contributed by atoms with Gasteiger partial charge in [-0.2, -0.15) is 0 Å². The summed E-state index contributed by atoms with van der Waals surface area (Å²) < 4.78 is 5.96. The van der Waals surface area contributed by atoms with Crippen molar-refractivity contribution in [2.45, 2.75) is 58.2 Å². The van der Waals surface area contributed by atoms with Crippen LogP contribution in [0.4, 0.5) is 10.5 Å². The minimum Gasteiger partial charge on any atom is -0.487 e. The number of carbonyl (C=O) groups excluding carboxylic acids is 1. The fourth-order valence-electron chi connectivity index (χ4n) is 2.54. The first-order chi connectivity index (χ1) is 9.56. The SMILES string of the molecule is CC(C)(C)NC(=O)NC1CC(C)(C)Oc2ccc(N)cc21. The Morgan fingerprint density at radius 1 is 1.38 bits per heavy atom. The van der Waals surface area contributed by atoms with Crippen LogP contribution in [0.3, 0.4) is 0 Å². The molecule has 1 unspecified atom stereocenters. The number of nitrogens with one attached hydrogen (secondary N) is 2. The molecule has 4 N–H and O–H groups in total. The molecular formula is C16H25N3O2. The first kappa shape index (κ1) is 15.5. The third kappa shape index (κ3) is 4.03. The molecule has 0 radical (unpaired) electrons. The van der Waals surface area contributed by atoms with Gasteiger partial charge in [0.05, 0.1) is 6.04 Å². The predicted octanol–water partition coefficient (Wildman–Crippen LogP) is 2.97. The summed E-state index contributed by atoms with van der Waals surface area (Å²) in [6.07, 6.45) is 0.695. The van der Waals surface area contributed by atoms with Crippen molar-refractivity contribution in [3.63, 3.8) is 0 Å². The molecule has 5 heteroatoms. The van der Waals surface area contributed by atoms with Gasteiger partial charge in [-0.3, -0.25) is 0 Å². The van der Waals surface area contributed by atoms with Gasteiger partial charge in [-0.25, -0.2) is 4.79 Å². The van der Waals surface area contributed by atoms with Crippen LogP contribution in [0.25, 0.3) is 0 Å². The Morgan fingerprint density at radius 2 is 2.05 bits per heavy atom. The van der Waals surface area contributed by atoms with Crippen LogP contribution in [-0.4, -0.2) is 17.2 Å². The molecule has 1 aliphatic rings. The number of fused-ring (bicyclic) bond motifs is 1. The second-order valence-electron chi connectivity index (χ2n) is 7.26. The van der Waals surface area contributed by atoms with Gasteiger partial charge in [0.1, 0.15) is 11.4 Å². The van der Waals surface area contributed by atoms with Crippen LogP contribution in [0.1, 0.15) is 52.6 Å². The average Bonchev–Trinajstić information content (AvgIpc) is 2.26. The molecule has 0 aromatic heterocycles. The van der Waals surface area contributed by atoms with Crippen molar-refractivity contribution in [3.05, 3.63) is 23.8 Å². The van der Waals surface area contributed by atoms with Crippen molar-refractivity contribution >= 4 is 11.7 Å². The zero-order valence-corrected chi connectivity index (χ0v) is 13.4. The molecule has 0 saturated heterocycles. The largest absolute Gasteiger partial charge is 0.487 e. The first-order valence-corrected chi connectivity index (χ1v) is 7.23. The van der Waals surface area contributed by atoms with Crippen LogP contribution >= 0.6 is 0 Å². The molecule has 21 heavy (non-hydrogen) atoms. The van der Waals surface area contributed by atoms with E-state index < -0.39 is 0 Å². The molecule has 1 aromatic rings. The van der Waals surface area contributed by atoms with Crippen LogP contribution in [-0.2, 0) is 0 Å². The summed E-state index contributed by atoms with van der Waals surface area (Å²) in [6.45, 7) is 9.89. The highest BCUT2D eigenvalue weighted by Gasteiger charge is 2.35. The molecule has 1 aliphatic heterocycles. The maximum Gasteiger partial charge on any atom is 0.315 e. The fraction of sp³-hybridized carbons (Fsp3) is 0.562. The van der Waals surface area contributed by atoms with E-state index in [1.807, 2.05) is 52.8 Å². The molecule has 0 aliphatic carbocycles. The maximum atomic E-state index is 12.1. The lowest BCUT2D eigenvalue weighted by atomic mass is 9.89. The van der Waals surface area contributed by atoms with Crippen molar-refractivity contribution in [3.8, 4) is 5.75 Å². The van der Waals surface area contributed by atoms with Crippen molar-refractivity contribution in [2.24, 2.45) is 0 Å². The zero-order valence-electron chi connectivity index (χ0n) is 13.4. The fourth-order valence-corrected chi connectivity index (χ4v) is 2.54. The Bertz CT molecular complexity index is 547. The number of urea groups is 1. The van der Waals surface area contributed by atoms with E-state index in [1.165, 1.54) is 0 Å². The number of benzene rings is 1.